The first-order valence-electron chi connectivity index (χ1n) is 11.8. The molecule has 2 heterocycles. The number of nitrogens with zero attached hydrogens (tertiary/aromatic N) is 3. The number of imidazole rings is 1. The van der Waals surface area contributed by atoms with Crippen LogP contribution in [0, 0.1) is 5.82 Å². The third kappa shape index (κ3) is 6.19. The Hall–Kier alpha value is -4.40. The highest BCUT2D eigenvalue weighted by Gasteiger charge is 2.24. The van der Waals surface area contributed by atoms with E-state index in [2.05, 4.69) is 10.3 Å². The van der Waals surface area contributed by atoms with Crippen molar-refractivity contribution in [3.05, 3.63) is 125 Å². The highest BCUT2D eigenvalue weighted by molar-refractivity contribution is 6.31. The van der Waals surface area contributed by atoms with E-state index in [4.69, 9.17) is 27.6 Å². The Morgan fingerprint density at radius 3 is 2.46 bits per heavy atom. The summed E-state index contributed by atoms with van der Waals surface area (Å²) in [5, 5.41) is 3.87. The molecule has 0 bridgehead atoms. The fourth-order valence-corrected chi connectivity index (χ4v) is 4.29. The summed E-state index contributed by atoms with van der Waals surface area (Å²) >= 11 is 12.3. The first-order valence-corrected chi connectivity index (χ1v) is 12.6. The lowest BCUT2D eigenvalue weighted by molar-refractivity contribution is -0.117. The molecule has 10 heteroatoms. The summed E-state index contributed by atoms with van der Waals surface area (Å²) < 4.78 is 21.5. The van der Waals surface area contributed by atoms with Crippen LogP contribution in [0.2, 0.25) is 10.0 Å². The van der Waals surface area contributed by atoms with Crippen molar-refractivity contribution >= 4 is 41.0 Å². The van der Waals surface area contributed by atoms with Crippen LogP contribution in [0.3, 0.4) is 0 Å². The molecule has 0 radical (unpaired) electrons. The van der Waals surface area contributed by atoms with Gasteiger partial charge in [0.05, 0.1) is 24.1 Å². The van der Waals surface area contributed by atoms with Crippen molar-refractivity contribution in [1.29, 1.82) is 0 Å². The van der Waals surface area contributed by atoms with Gasteiger partial charge < -0.3 is 9.32 Å². The van der Waals surface area contributed by atoms with E-state index in [0.29, 0.717) is 27.2 Å². The normalized spacial score (nSPS) is 10.8. The highest BCUT2D eigenvalue weighted by Crippen LogP contribution is 2.27. The molecule has 196 valence electrons. The van der Waals surface area contributed by atoms with Gasteiger partial charge in [0.15, 0.2) is 0 Å². The molecule has 0 spiro atoms. The van der Waals surface area contributed by atoms with Gasteiger partial charge in [-0.1, -0.05) is 53.5 Å². The zero-order valence-corrected chi connectivity index (χ0v) is 21.9. The zero-order chi connectivity index (χ0) is 27.4. The molecule has 39 heavy (non-hydrogen) atoms. The van der Waals surface area contributed by atoms with Gasteiger partial charge in [0.25, 0.3) is 5.91 Å². The van der Waals surface area contributed by atoms with Crippen molar-refractivity contribution in [2.45, 2.75) is 6.54 Å². The van der Waals surface area contributed by atoms with Crippen molar-refractivity contribution in [3.8, 4) is 16.9 Å². The fraction of sp³-hybridized carbons (Fsp3) is 0.0690. The first-order chi connectivity index (χ1) is 18.9. The van der Waals surface area contributed by atoms with Crippen molar-refractivity contribution < 1.29 is 18.4 Å². The van der Waals surface area contributed by atoms with Gasteiger partial charge in [0.2, 0.25) is 11.9 Å². The molecular weight excluding hydrogens is 542 g/mol. The number of aromatic nitrogens is 2. The van der Waals surface area contributed by atoms with Crippen molar-refractivity contribution in [1.82, 2.24) is 14.5 Å². The Labute approximate surface area is 233 Å². The van der Waals surface area contributed by atoms with Gasteiger partial charge in [-0.25, -0.2) is 9.37 Å². The number of benzene rings is 3. The van der Waals surface area contributed by atoms with Gasteiger partial charge in [-0.05, 0) is 54.6 Å². The smallest absolute Gasteiger partial charge is 0.257 e. The van der Waals surface area contributed by atoms with Crippen LogP contribution in [0.1, 0.15) is 16.1 Å². The van der Waals surface area contributed by atoms with E-state index in [0.717, 1.165) is 5.56 Å². The lowest BCUT2D eigenvalue weighted by atomic mass is 10.2. The number of furan rings is 1. The van der Waals surface area contributed by atoms with E-state index in [1.165, 1.54) is 29.4 Å². The van der Waals surface area contributed by atoms with Gasteiger partial charge in [-0.3, -0.25) is 19.5 Å². The predicted molar refractivity (Wildman–Crippen MR) is 147 cm³/mol. The minimum absolute atomic E-state index is 0.0354. The summed E-state index contributed by atoms with van der Waals surface area (Å²) in [6.45, 7) is -0.418. The van der Waals surface area contributed by atoms with Crippen LogP contribution in [0.5, 0.6) is 0 Å². The second kappa shape index (κ2) is 11.6. The van der Waals surface area contributed by atoms with Crippen LogP contribution in [0.15, 0.2) is 102 Å². The molecule has 1 N–H and O–H groups in total. The summed E-state index contributed by atoms with van der Waals surface area (Å²) in [5.74, 6) is -1.22. The highest BCUT2D eigenvalue weighted by atomic mass is 35.5. The number of nitrogens with one attached hydrogen (secondary N) is 1. The number of carbonyl (C=O) groups excluding carboxylic acids is 2. The predicted octanol–water partition coefficient (Wildman–Crippen LogP) is 6.86. The number of rotatable bonds is 8. The molecule has 0 aliphatic heterocycles. The molecule has 3 aromatic carbocycles. The van der Waals surface area contributed by atoms with Crippen LogP contribution in [-0.4, -0.2) is 32.8 Å². The third-order valence-corrected chi connectivity index (χ3v) is 6.32. The topological polar surface area (TPSA) is 80.4 Å². The summed E-state index contributed by atoms with van der Waals surface area (Å²) in [6.07, 6.45) is 3.22. The lowest BCUT2D eigenvalue weighted by Crippen LogP contribution is -2.38. The van der Waals surface area contributed by atoms with E-state index < -0.39 is 17.6 Å². The van der Waals surface area contributed by atoms with Gasteiger partial charge in [0.1, 0.15) is 18.1 Å². The maximum Gasteiger partial charge on any atom is 0.257 e. The molecule has 0 aliphatic carbocycles. The molecular formula is C29H21Cl2FN4O3. The molecule has 0 fully saturated rings. The van der Waals surface area contributed by atoms with Crippen LogP contribution in [0.4, 0.5) is 10.3 Å². The van der Waals surface area contributed by atoms with Crippen LogP contribution in [-0.2, 0) is 11.3 Å². The molecule has 0 atom stereocenters. The molecule has 2 aromatic heterocycles. The van der Waals surface area contributed by atoms with E-state index in [9.17, 15) is 14.0 Å². The van der Waals surface area contributed by atoms with Crippen molar-refractivity contribution in [3.63, 3.8) is 0 Å². The third-order valence-electron chi connectivity index (χ3n) is 5.84. The first kappa shape index (κ1) is 26.2. The number of anilines is 1. The number of amides is 2. The Morgan fingerprint density at radius 1 is 0.949 bits per heavy atom. The number of hydrogen-bond donors (Lipinski definition) is 1. The average Bonchev–Trinajstić information content (AvgIpc) is 3.59. The number of hydrogen-bond acceptors (Lipinski definition) is 4. The van der Waals surface area contributed by atoms with Crippen LogP contribution >= 0.6 is 23.2 Å². The largest absolute Gasteiger partial charge is 0.467 e. The van der Waals surface area contributed by atoms with E-state index >= 15 is 0 Å². The standard InChI is InChI=1S/C29H21Cl2FN4O3/c30-20-12-10-19(11-13-20)26-17-36(22-6-3-5-21(31)15-22)29(33-26)34-27(37)18-35(16-23-7-4-14-39-23)28(38)24-8-1-2-9-25(24)32/h1-15,17H,16,18H2,(H,33,34,37). The molecule has 0 saturated heterocycles. The lowest BCUT2D eigenvalue weighted by Gasteiger charge is -2.21. The van der Waals surface area contributed by atoms with Crippen molar-refractivity contribution in [2.75, 3.05) is 11.9 Å². The summed E-state index contributed by atoms with van der Waals surface area (Å²) in [4.78, 5) is 32.4. The summed E-state index contributed by atoms with van der Waals surface area (Å²) in [6, 6.07) is 23.1. The molecule has 0 saturated carbocycles. The van der Waals surface area contributed by atoms with E-state index in [1.54, 1.807) is 59.3 Å². The molecule has 7 nitrogen and oxygen atoms in total. The van der Waals surface area contributed by atoms with E-state index in [-0.39, 0.29) is 24.6 Å². The molecule has 2 amide bonds. The molecule has 5 rings (SSSR count). The monoisotopic (exact) mass is 562 g/mol. The molecule has 0 unspecified atom stereocenters. The van der Waals surface area contributed by atoms with Gasteiger partial charge in [-0.15, -0.1) is 0 Å². The van der Waals surface area contributed by atoms with Crippen LogP contribution in [0.25, 0.3) is 16.9 Å². The Morgan fingerprint density at radius 2 is 1.74 bits per heavy atom. The summed E-state index contributed by atoms with van der Waals surface area (Å²) in [7, 11) is 0. The second-order valence-corrected chi connectivity index (χ2v) is 9.45. The maximum absolute atomic E-state index is 14.4. The fourth-order valence-electron chi connectivity index (χ4n) is 3.98. The van der Waals surface area contributed by atoms with Gasteiger partial charge >= 0.3 is 0 Å². The Bertz CT molecular complexity index is 1620. The molecule has 5 aromatic rings. The maximum atomic E-state index is 14.4. The second-order valence-electron chi connectivity index (χ2n) is 8.58. The SMILES string of the molecule is O=C(CN(Cc1ccco1)C(=O)c1ccccc1F)Nc1nc(-c2ccc(Cl)cc2)cn1-c1cccc(Cl)c1. The Kier molecular flexibility index (Phi) is 7.76. The van der Waals surface area contributed by atoms with E-state index in [1.807, 2.05) is 18.2 Å². The minimum Gasteiger partial charge on any atom is -0.467 e. The minimum atomic E-state index is -0.684. The average molecular weight is 563 g/mol. The summed E-state index contributed by atoms with van der Waals surface area (Å²) in [5.41, 5.74) is 1.88. The quantitative estimate of drug-likeness (QED) is 0.224. The van der Waals surface area contributed by atoms with Crippen molar-refractivity contribution in [2.24, 2.45) is 0 Å². The number of carbonyl (C=O) groups is 2. The van der Waals surface area contributed by atoms with Gasteiger partial charge in [-0.2, -0.15) is 0 Å². The number of halogens is 3. The van der Waals surface area contributed by atoms with Crippen LogP contribution < -0.4 is 5.32 Å². The Balaban J connectivity index is 1.45. The molecule has 0 aliphatic rings. The zero-order valence-electron chi connectivity index (χ0n) is 20.4. The van der Waals surface area contributed by atoms with Gasteiger partial charge in [0, 0.05) is 27.5 Å².